The van der Waals surface area contributed by atoms with Crippen LogP contribution in [0.2, 0.25) is 0 Å². The lowest BCUT2D eigenvalue weighted by molar-refractivity contribution is 0.122. The van der Waals surface area contributed by atoms with Crippen LogP contribution in [0.25, 0.3) is 11.3 Å². The van der Waals surface area contributed by atoms with E-state index in [-0.39, 0.29) is 0 Å². The molecule has 0 unspecified atom stereocenters. The van der Waals surface area contributed by atoms with Gasteiger partial charge in [0.05, 0.1) is 31.2 Å². The minimum absolute atomic E-state index is 0.540. The molecule has 2 saturated heterocycles. The molecule has 8 heteroatoms. The van der Waals surface area contributed by atoms with E-state index in [0.717, 1.165) is 56.3 Å². The second-order valence-corrected chi connectivity index (χ2v) is 8.12. The molecular formula is C24H28N6O2. The van der Waals surface area contributed by atoms with Crippen molar-refractivity contribution in [3.63, 3.8) is 0 Å². The molecule has 5 rings (SSSR count). The van der Waals surface area contributed by atoms with Crippen molar-refractivity contribution in [2.45, 2.75) is 0 Å². The van der Waals surface area contributed by atoms with Crippen LogP contribution in [0.1, 0.15) is 0 Å². The van der Waals surface area contributed by atoms with E-state index in [4.69, 9.17) is 15.2 Å². The van der Waals surface area contributed by atoms with Crippen LogP contribution in [-0.4, -0.2) is 56.0 Å². The highest BCUT2D eigenvalue weighted by atomic mass is 16.5. The van der Waals surface area contributed by atoms with Gasteiger partial charge in [-0.15, -0.1) is 0 Å². The number of nitrogens with two attached hydrogens (primary N) is 1. The fraction of sp³-hybridized carbons (Fsp3) is 0.333. The highest BCUT2D eigenvalue weighted by molar-refractivity contribution is 5.69. The van der Waals surface area contributed by atoms with E-state index in [0.29, 0.717) is 29.9 Å². The maximum Gasteiger partial charge on any atom is 0.227 e. The molecule has 0 saturated carbocycles. The van der Waals surface area contributed by atoms with Crippen LogP contribution in [0, 0.1) is 5.92 Å². The summed E-state index contributed by atoms with van der Waals surface area (Å²) in [7, 11) is 0. The molecule has 166 valence electrons. The first-order chi connectivity index (χ1) is 15.7. The van der Waals surface area contributed by atoms with Crippen molar-refractivity contribution < 1.29 is 9.47 Å². The maximum absolute atomic E-state index is 6.23. The van der Waals surface area contributed by atoms with Gasteiger partial charge in [0.15, 0.2) is 0 Å². The second-order valence-electron chi connectivity index (χ2n) is 8.12. The van der Waals surface area contributed by atoms with Crippen LogP contribution in [0.15, 0.2) is 54.7 Å². The Kier molecular flexibility index (Phi) is 6.04. The van der Waals surface area contributed by atoms with Gasteiger partial charge >= 0.3 is 0 Å². The highest BCUT2D eigenvalue weighted by Gasteiger charge is 2.18. The summed E-state index contributed by atoms with van der Waals surface area (Å²) in [6.07, 6.45) is 1.75. The van der Waals surface area contributed by atoms with Crippen molar-refractivity contribution in [1.82, 2.24) is 15.3 Å². The molecule has 0 aliphatic carbocycles. The van der Waals surface area contributed by atoms with Gasteiger partial charge in [0.1, 0.15) is 5.75 Å². The Morgan fingerprint density at radius 1 is 1.09 bits per heavy atom. The van der Waals surface area contributed by atoms with Crippen molar-refractivity contribution in [1.29, 1.82) is 0 Å². The first-order valence-corrected chi connectivity index (χ1v) is 11.0. The van der Waals surface area contributed by atoms with Crippen molar-refractivity contribution in [3.8, 4) is 17.0 Å². The quantitative estimate of drug-likeness (QED) is 0.491. The number of rotatable bonds is 7. The molecule has 2 fully saturated rings. The topological polar surface area (TPSA) is 97.6 Å². The Hall–Kier alpha value is -3.36. The van der Waals surface area contributed by atoms with Gasteiger partial charge in [-0.3, -0.25) is 0 Å². The van der Waals surface area contributed by atoms with Gasteiger partial charge in [-0.2, -0.15) is 0 Å². The monoisotopic (exact) mass is 432 g/mol. The van der Waals surface area contributed by atoms with Gasteiger partial charge in [-0.25, -0.2) is 9.97 Å². The Labute approximate surface area is 187 Å². The number of nitrogens with zero attached hydrogens (tertiary/aromatic N) is 3. The fourth-order valence-corrected chi connectivity index (χ4v) is 3.80. The average Bonchev–Trinajstić information content (AvgIpc) is 2.80. The zero-order chi connectivity index (χ0) is 21.8. The summed E-state index contributed by atoms with van der Waals surface area (Å²) in [5, 5.41) is 6.53. The van der Waals surface area contributed by atoms with Crippen LogP contribution in [0.3, 0.4) is 0 Å². The third kappa shape index (κ3) is 4.76. The van der Waals surface area contributed by atoms with Gasteiger partial charge in [-0.1, -0.05) is 0 Å². The SMILES string of the molecule is Nc1cc(-c2ccnc(Nc3ccc(N4CCOCC4)cc3)n2)ccc1OCC1CNC1. The zero-order valence-corrected chi connectivity index (χ0v) is 18.0. The van der Waals surface area contributed by atoms with Crippen molar-refractivity contribution >= 4 is 23.0 Å². The molecule has 0 bridgehead atoms. The number of anilines is 4. The van der Waals surface area contributed by atoms with E-state index in [1.54, 1.807) is 6.20 Å². The Morgan fingerprint density at radius 3 is 2.62 bits per heavy atom. The Balaban J connectivity index is 1.25. The molecular weight excluding hydrogens is 404 g/mol. The van der Waals surface area contributed by atoms with E-state index in [1.807, 2.05) is 36.4 Å². The van der Waals surface area contributed by atoms with Gasteiger partial charge in [0, 0.05) is 55.2 Å². The summed E-state index contributed by atoms with van der Waals surface area (Å²) in [4.78, 5) is 11.4. The number of benzene rings is 2. The minimum atomic E-state index is 0.540. The first-order valence-electron chi connectivity index (χ1n) is 11.0. The molecule has 4 N–H and O–H groups in total. The van der Waals surface area contributed by atoms with E-state index in [2.05, 4.69) is 37.6 Å². The number of nitrogens with one attached hydrogen (secondary N) is 2. The van der Waals surface area contributed by atoms with Crippen LogP contribution < -0.4 is 26.0 Å². The largest absolute Gasteiger partial charge is 0.491 e. The summed E-state index contributed by atoms with van der Waals surface area (Å²) in [5.41, 5.74) is 10.7. The van der Waals surface area contributed by atoms with Crippen LogP contribution in [0.5, 0.6) is 5.75 Å². The predicted molar refractivity (Wildman–Crippen MR) is 126 cm³/mol. The third-order valence-corrected chi connectivity index (χ3v) is 5.80. The van der Waals surface area contributed by atoms with Crippen LogP contribution >= 0.6 is 0 Å². The smallest absolute Gasteiger partial charge is 0.227 e. The molecule has 1 aromatic heterocycles. The molecule has 3 heterocycles. The molecule has 0 amide bonds. The van der Waals surface area contributed by atoms with Crippen molar-refractivity contribution in [2.24, 2.45) is 5.92 Å². The van der Waals surface area contributed by atoms with Crippen LogP contribution in [0.4, 0.5) is 23.0 Å². The number of ether oxygens (including phenoxy) is 2. The lowest BCUT2D eigenvalue weighted by atomic mass is 10.1. The molecule has 2 aliphatic rings. The molecule has 2 aromatic carbocycles. The second kappa shape index (κ2) is 9.42. The van der Waals surface area contributed by atoms with Crippen molar-refractivity contribution in [2.75, 3.05) is 62.0 Å². The van der Waals surface area contributed by atoms with Crippen molar-refractivity contribution in [3.05, 3.63) is 54.7 Å². The Bertz CT molecular complexity index is 1050. The molecule has 32 heavy (non-hydrogen) atoms. The average molecular weight is 433 g/mol. The van der Waals surface area contributed by atoms with Gasteiger partial charge < -0.3 is 30.7 Å². The third-order valence-electron chi connectivity index (χ3n) is 5.80. The number of morpholine rings is 1. The lowest BCUT2D eigenvalue weighted by Gasteiger charge is -2.28. The summed E-state index contributed by atoms with van der Waals surface area (Å²) in [5.74, 6) is 1.82. The maximum atomic E-state index is 6.23. The van der Waals surface area contributed by atoms with Gasteiger partial charge in [0.2, 0.25) is 5.95 Å². The Morgan fingerprint density at radius 2 is 1.91 bits per heavy atom. The fourth-order valence-electron chi connectivity index (χ4n) is 3.80. The van der Waals surface area contributed by atoms with E-state index >= 15 is 0 Å². The molecule has 0 spiro atoms. The van der Waals surface area contributed by atoms with E-state index in [9.17, 15) is 0 Å². The molecule has 0 radical (unpaired) electrons. The summed E-state index contributed by atoms with van der Waals surface area (Å²) >= 11 is 0. The number of nitrogen functional groups attached to an aromatic ring is 1. The number of hydrogen-bond donors (Lipinski definition) is 3. The molecule has 3 aromatic rings. The summed E-state index contributed by atoms with van der Waals surface area (Å²) in [6.45, 7) is 6.08. The normalized spacial score (nSPS) is 16.4. The summed E-state index contributed by atoms with van der Waals surface area (Å²) < 4.78 is 11.3. The van der Waals surface area contributed by atoms with Crippen LogP contribution in [-0.2, 0) is 4.74 Å². The van der Waals surface area contributed by atoms with Gasteiger partial charge in [-0.05, 0) is 48.5 Å². The van der Waals surface area contributed by atoms with E-state index in [1.165, 1.54) is 5.69 Å². The molecule has 0 atom stereocenters. The molecule has 2 aliphatic heterocycles. The van der Waals surface area contributed by atoms with Gasteiger partial charge in [0.25, 0.3) is 0 Å². The standard InChI is InChI=1S/C24H28N6O2/c25-21-13-18(1-6-23(21)32-16-17-14-26-15-17)22-7-8-27-24(29-22)28-19-2-4-20(5-3-19)30-9-11-31-12-10-30/h1-8,13,17,26H,9-12,14-16,25H2,(H,27,28,29). The zero-order valence-electron chi connectivity index (χ0n) is 18.0. The highest BCUT2D eigenvalue weighted by Crippen LogP contribution is 2.29. The van der Waals surface area contributed by atoms with E-state index < -0.39 is 0 Å². The predicted octanol–water partition coefficient (Wildman–Crippen LogP) is 2.90. The lowest BCUT2D eigenvalue weighted by Crippen LogP contribution is -2.45. The summed E-state index contributed by atoms with van der Waals surface area (Å²) in [6, 6.07) is 16.0. The first kappa shape index (κ1) is 20.5. The number of aromatic nitrogens is 2. The molecule has 8 nitrogen and oxygen atoms in total. The number of hydrogen-bond acceptors (Lipinski definition) is 8. The minimum Gasteiger partial charge on any atom is -0.491 e.